The first kappa shape index (κ1) is 25.3. The van der Waals surface area contributed by atoms with Crippen LogP contribution in [0.5, 0.6) is 11.5 Å². The lowest BCUT2D eigenvalue weighted by atomic mass is 9.93. The van der Waals surface area contributed by atoms with Crippen LogP contribution in [-0.4, -0.2) is 93.9 Å². The van der Waals surface area contributed by atoms with Gasteiger partial charge >= 0.3 is 5.82 Å². The normalized spacial score (nSPS) is 22.4. The van der Waals surface area contributed by atoms with E-state index < -0.39 is 5.67 Å². The Morgan fingerprint density at radius 1 is 1.02 bits per heavy atom. The predicted octanol–water partition coefficient (Wildman–Crippen LogP) is 3.04. The highest BCUT2D eigenvalue weighted by molar-refractivity contribution is 6.18. The van der Waals surface area contributed by atoms with Gasteiger partial charge in [0.15, 0.2) is 0 Å². The SMILES string of the molecule is Nc1ncnc2c1C(c1ccc(Oc3ccccc3)cc1)=N/[N+]2=C/C1CCN(C2CN(CC3(F)CNC3)C2)CC1. The predicted molar refractivity (Wildman–Crippen MR) is 152 cm³/mol. The summed E-state index contributed by atoms with van der Waals surface area (Å²) in [5.74, 6) is 3.06. The Kier molecular flexibility index (Phi) is 6.53. The van der Waals surface area contributed by atoms with Crippen LogP contribution in [0.4, 0.5) is 16.0 Å². The van der Waals surface area contributed by atoms with E-state index in [1.165, 1.54) is 6.33 Å². The van der Waals surface area contributed by atoms with Gasteiger partial charge in [-0.1, -0.05) is 23.3 Å². The third-order valence-corrected chi connectivity index (χ3v) is 8.40. The number of nitrogens with two attached hydrogens (primary N) is 1. The molecule has 5 heterocycles. The van der Waals surface area contributed by atoms with E-state index in [1.54, 1.807) is 0 Å². The Bertz CT molecular complexity index is 1430. The molecule has 0 bridgehead atoms. The van der Waals surface area contributed by atoms with Crippen LogP contribution in [0.2, 0.25) is 0 Å². The summed E-state index contributed by atoms with van der Waals surface area (Å²) in [5.41, 5.74) is 7.75. The van der Waals surface area contributed by atoms with Crippen LogP contribution in [0.25, 0.3) is 0 Å². The molecule has 3 N–H and O–H groups in total. The first-order chi connectivity index (χ1) is 19.5. The van der Waals surface area contributed by atoms with Crippen molar-refractivity contribution in [3.63, 3.8) is 0 Å². The summed E-state index contributed by atoms with van der Waals surface area (Å²) in [7, 11) is 0. The number of likely N-dealkylation sites (tertiary alicyclic amines) is 2. The fraction of sp³-hybridized carbons (Fsp3) is 0.400. The number of rotatable bonds is 7. The van der Waals surface area contributed by atoms with Crippen LogP contribution in [0.1, 0.15) is 24.0 Å². The molecule has 0 spiro atoms. The lowest BCUT2D eigenvalue weighted by Gasteiger charge is -2.50. The molecule has 0 saturated carbocycles. The van der Waals surface area contributed by atoms with Gasteiger partial charge in [-0.25, -0.2) is 4.39 Å². The number of benzene rings is 2. The van der Waals surface area contributed by atoms with Crippen molar-refractivity contribution in [3.05, 3.63) is 72.1 Å². The number of anilines is 1. The van der Waals surface area contributed by atoms with Gasteiger partial charge in [0.25, 0.3) is 0 Å². The van der Waals surface area contributed by atoms with Gasteiger partial charge in [0.2, 0.25) is 6.33 Å². The molecule has 0 atom stereocenters. The number of halogens is 1. The molecule has 4 aliphatic heterocycles. The molecule has 40 heavy (non-hydrogen) atoms. The second kappa shape index (κ2) is 10.3. The van der Waals surface area contributed by atoms with Crippen molar-refractivity contribution >= 4 is 23.6 Å². The number of hydrogen-bond acceptors (Lipinski definition) is 8. The van der Waals surface area contributed by atoms with Crippen LogP contribution in [0.15, 0.2) is 66.0 Å². The summed E-state index contributed by atoms with van der Waals surface area (Å²) in [6.07, 6.45) is 5.79. The lowest BCUT2D eigenvalue weighted by molar-refractivity contribution is -0.442. The summed E-state index contributed by atoms with van der Waals surface area (Å²) in [4.78, 5) is 13.6. The number of fused-ring (bicyclic) bond motifs is 1. The number of ether oxygens (including phenoxy) is 1. The van der Waals surface area contributed by atoms with Crippen LogP contribution in [0, 0.1) is 5.92 Å². The van der Waals surface area contributed by atoms with E-state index in [2.05, 4.69) is 31.3 Å². The van der Waals surface area contributed by atoms with Crippen LogP contribution in [0.3, 0.4) is 0 Å². The number of piperidine rings is 1. The van der Waals surface area contributed by atoms with Gasteiger partial charge in [0.05, 0.1) is 0 Å². The van der Waals surface area contributed by atoms with E-state index in [0.717, 1.165) is 73.2 Å². The van der Waals surface area contributed by atoms with Gasteiger partial charge in [0.1, 0.15) is 40.5 Å². The number of hydrogen-bond donors (Lipinski definition) is 2. The summed E-state index contributed by atoms with van der Waals surface area (Å²) in [6.45, 7) is 5.55. The molecular formula is C30H34FN8O+. The van der Waals surface area contributed by atoms with E-state index in [0.29, 0.717) is 37.4 Å². The number of alkyl halides is 1. The standard InChI is InChI=1S/C30H34FN8O/c31-30(17-33-18-30)19-37-15-23(16-37)38-12-10-21(11-13-38)14-39-29-26(28(32)34-20-35-29)27(36-39)22-6-8-25(9-7-22)40-24-4-2-1-3-5-24/h1-9,14,20-21,23,33H,10-13,15-19H2,(H2,32,34,35)/q+1/b39-14+. The molecular weight excluding hydrogens is 507 g/mol. The van der Waals surface area contributed by atoms with E-state index in [9.17, 15) is 4.39 Å². The van der Waals surface area contributed by atoms with Crippen molar-refractivity contribution in [3.8, 4) is 11.5 Å². The zero-order valence-corrected chi connectivity index (χ0v) is 22.4. The van der Waals surface area contributed by atoms with Gasteiger partial charge < -0.3 is 15.8 Å². The molecule has 10 heteroatoms. The molecule has 0 aliphatic carbocycles. The molecule has 1 aromatic heterocycles. The minimum absolute atomic E-state index is 0.386. The van der Waals surface area contributed by atoms with Crippen molar-refractivity contribution in [2.75, 3.05) is 51.5 Å². The molecule has 0 amide bonds. The zero-order valence-electron chi connectivity index (χ0n) is 22.4. The molecule has 9 nitrogen and oxygen atoms in total. The molecule has 3 aromatic rings. The Morgan fingerprint density at radius 3 is 2.45 bits per heavy atom. The Labute approximate surface area is 233 Å². The van der Waals surface area contributed by atoms with Crippen molar-refractivity contribution in [2.45, 2.75) is 24.6 Å². The summed E-state index contributed by atoms with van der Waals surface area (Å²) < 4.78 is 22.2. The number of nitrogen functional groups attached to an aromatic ring is 1. The third kappa shape index (κ3) is 4.98. The van der Waals surface area contributed by atoms with E-state index in [4.69, 9.17) is 15.6 Å². The maximum absolute atomic E-state index is 14.4. The second-order valence-electron chi connectivity index (χ2n) is 11.3. The lowest BCUT2D eigenvalue weighted by Crippen LogP contribution is -2.68. The van der Waals surface area contributed by atoms with Gasteiger partial charge in [-0.2, -0.15) is 4.98 Å². The fourth-order valence-corrected chi connectivity index (χ4v) is 6.05. The topological polar surface area (TPSA) is 94.9 Å². The van der Waals surface area contributed by atoms with E-state index in [1.807, 2.05) is 59.3 Å². The zero-order chi connectivity index (χ0) is 27.1. The van der Waals surface area contributed by atoms with Crippen LogP contribution in [-0.2, 0) is 0 Å². The van der Waals surface area contributed by atoms with Crippen molar-refractivity contribution in [1.82, 2.24) is 25.1 Å². The summed E-state index contributed by atoms with van der Waals surface area (Å²) in [5, 5.41) is 7.99. The second-order valence-corrected chi connectivity index (χ2v) is 11.3. The van der Waals surface area contributed by atoms with Crippen molar-refractivity contribution < 1.29 is 13.8 Å². The average Bonchev–Trinajstić information content (AvgIpc) is 3.30. The van der Waals surface area contributed by atoms with Gasteiger partial charge in [-0.15, -0.1) is 4.68 Å². The minimum Gasteiger partial charge on any atom is -0.457 e. The number of aromatic nitrogens is 2. The van der Waals surface area contributed by atoms with Crippen molar-refractivity contribution in [2.24, 2.45) is 11.0 Å². The first-order valence-electron chi connectivity index (χ1n) is 14.1. The van der Waals surface area contributed by atoms with Gasteiger partial charge in [-0.05, 0) is 67.3 Å². The van der Waals surface area contributed by atoms with Crippen molar-refractivity contribution in [1.29, 1.82) is 0 Å². The number of hydrazone groups is 1. The minimum atomic E-state index is -1.02. The van der Waals surface area contributed by atoms with E-state index >= 15 is 0 Å². The molecule has 7 rings (SSSR count). The average molecular weight is 542 g/mol. The van der Waals surface area contributed by atoms with Crippen LogP contribution < -0.4 is 15.8 Å². The number of nitrogens with zero attached hydrogens (tertiary/aromatic N) is 6. The largest absolute Gasteiger partial charge is 0.457 e. The molecule has 3 saturated heterocycles. The third-order valence-electron chi connectivity index (χ3n) is 8.40. The molecule has 4 aliphatic rings. The summed E-state index contributed by atoms with van der Waals surface area (Å²) >= 11 is 0. The highest BCUT2D eigenvalue weighted by atomic mass is 19.1. The van der Waals surface area contributed by atoms with Gasteiger partial charge in [0, 0.05) is 50.2 Å². The van der Waals surface area contributed by atoms with E-state index in [-0.39, 0.29) is 0 Å². The van der Waals surface area contributed by atoms with Crippen LogP contribution >= 0.6 is 0 Å². The quantitative estimate of drug-likeness (QED) is 0.444. The summed E-state index contributed by atoms with van der Waals surface area (Å²) in [6, 6.07) is 18.1. The Hall–Kier alpha value is -3.73. The maximum atomic E-state index is 14.4. The molecule has 0 unspecified atom stereocenters. The Morgan fingerprint density at radius 2 is 1.75 bits per heavy atom. The molecule has 3 fully saturated rings. The highest BCUT2D eigenvalue weighted by Gasteiger charge is 2.43. The molecule has 0 radical (unpaired) electrons. The Balaban J connectivity index is 1.02. The maximum Gasteiger partial charge on any atom is 0.363 e. The molecule has 206 valence electrons. The smallest absolute Gasteiger partial charge is 0.363 e. The number of nitrogens with one attached hydrogen (secondary N) is 1. The monoisotopic (exact) mass is 541 g/mol. The molecule has 2 aromatic carbocycles. The first-order valence-corrected chi connectivity index (χ1v) is 14.1. The highest BCUT2D eigenvalue weighted by Crippen LogP contribution is 2.32. The fourth-order valence-electron chi connectivity index (χ4n) is 6.05. The number of para-hydroxylation sites is 1. The van der Waals surface area contributed by atoms with Gasteiger partial charge in [-0.3, -0.25) is 9.80 Å².